The van der Waals surface area contributed by atoms with E-state index in [1.807, 2.05) is 12.1 Å². The average Bonchev–Trinajstić information content (AvgIpc) is 1.24. The molecule has 0 aliphatic carbocycles. The van der Waals surface area contributed by atoms with Crippen LogP contribution in [0.5, 0.6) is 0 Å². The van der Waals surface area contributed by atoms with Crippen LogP contribution in [0.15, 0.2) is 324 Å². The minimum absolute atomic E-state index is 0.877. The topological polar surface area (TPSA) is 32.8 Å². The summed E-state index contributed by atoms with van der Waals surface area (Å²) in [6.45, 7) is 8.99. The number of furan rings is 2. The molecular formula is C92H64N2O2. The molecular weight excluding hydrogens is 1170 g/mol. The second kappa shape index (κ2) is 22.8. The van der Waals surface area contributed by atoms with Gasteiger partial charge in [0.2, 0.25) is 0 Å². The predicted molar refractivity (Wildman–Crippen MR) is 407 cm³/mol. The predicted octanol–water partition coefficient (Wildman–Crippen LogP) is 26.6. The molecule has 4 nitrogen and oxygen atoms in total. The van der Waals surface area contributed by atoms with Crippen LogP contribution in [-0.2, 0) is 0 Å². The first-order valence-corrected chi connectivity index (χ1v) is 33.1. The maximum atomic E-state index is 6.80. The third-order valence-corrected chi connectivity index (χ3v) is 19.9. The molecule has 0 saturated carbocycles. The van der Waals surface area contributed by atoms with Crippen molar-refractivity contribution in [2.24, 2.45) is 0 Å². The van der Waals surface area contributed by atoms with Crippen molar-refractivity contribution in [3.63, 3.8) is 0 Å². The molecule has 2 heterocycles. The molecule has 2 aromatic heterocycles. The second-order valence-corrected chi connectivity index (χ2v) is 25.7. The highest BCUT2D eigenvalue weighted by Crippen LogP contribution is 2.51. The number of rotatable bonds is 11. The van der Waals surface area contributed by atoms with E-state index in [1.165, 1.54) is 54.2 Å². The fourth-order valence-electron chi connectivity index (χ4n) is 15.4. The Hall–Kier alpha value is -12.2. The highest BCUT2D eigenvalue weighted by Gasteiger charge is 2.27. The maximum Gasteiger partial charge on any atom is 0.143 e. The normalized spacial score (nSPS) is 11.8. The van der Waals surface area contributed by atoms with E-state index in [9.17, 15) is 0 Å². The van der Waals surface area contributed by atoms with E-state index in [-0.39, 0.29) is 0 Å². The molecule has 0 unspecified atom stereocenters. The van der Waals surface area contributed by atoms with Gasteiger partial charge in [0.15, 0.2) is 0 Å². The molecule has 0 radical (unpaired) electrons. The van der Waals surface area contributed by atoms with Crippen LogP contribution in [0, 0.1) is 27.7 Å². The number of fused-ring (bicyclic) bond motifs is 12. The molecule has 18 rings (SSSR count). The maximum absolute atomic E-state index is 6.80. The van der Waals surface area contributed by atoms with E-state index in [2.05, 4.69) is 341 Å². The minimum atomic E-state index is 0.877. The van der Waals surface area contributed by atoms with Gasteiger partial charge in [0.25, 0.3) is 0 Å². The molecule has 0 aliphatic heterocycles. The molecule has 0 aliphatic rings. The summed E-state index contributed by atoms with van der Waals surface area (Å²) in [6.07, 6.45) is 0. The van der Waals surface area contributed by atoms with Crippen LogP contribution in [0.4, 0.5) is 34.1 Å². The van der Waals surface area contributed by atoms with Crippen molar-refractivity contribution >= 4 is 121 Å². The first-order chi connectivity index (χ1) is 47.3. The van der Waals surface area contributed by atoms with Crippen LogP contribution < -0.4 is 9.80 Å². The van der Waals surface area contributed by atoms with Gasteiger partial charge in [-0.1, -0.05) is 243 Å². The summed E-state index contributed by atoms with van der Waals surface area (Å²) >= 11 is 0. The van der Waals surface area contributed by atoms with Crippen LogP contribution in [-0.4, -0.2) is 0 Å². The van der Waals surface area contributed by atoms with Crippen LogP contribution in [0.1, 0.15) is 22.3 Å². The van der Waals surface area contributed by atoms with Gasteiger partial charge in [-0.15, -0.1) is 0 Å². The minimum Gasteiger partial charge on any atom is -0.455 e. The lowest BCUT2D eigenvalue weighted by molar-refractivity contribution is 0.669. The first kappa shape index (κ1) is 56.5. The number of hydrogen-bond acceptors (Lipinski definition) is 4. The first-order valence-electron chi connectivity index (χ1n) is 33.1. The summed E-state index contributed by atoms with van der Waals surface area (Å²) < 4.78 is 13.6. The number of anilines is 6. The van der Waals surface area contributed by atoms with Gasteiger partial charge < -0.3 is 18.6 Å². The van der Waals surface area contributed by atoms with E-state index in [4.69, 9.17) is 8.83 Å². The zero-order chi connectivity index (χ0) is 64.1. The van der Waals surface area contributed by atoms with E-state index in [0.717, 1.165) is 145 Å². The smallest absolute Gasteiger partial charge is 0.143 e. The largest absolute Gasteiger partial charge is 0.455 e. The molecule has 0 fully saturated rings. The number of para-hydroxylation sites is 6. The SMILES string of the molecule is Cc1cc(-c2ccc(N(c3ccc(-c4cc5ccccc5c5ccccc45)cc3)c3c(C)cccc3-c3cccc4c3oc3ccccc34)c(C)c2)ccc1N(c1ccc(-c2cc3ccccc3c3ccccc23)cc1)c1c(C)cccc1-c1cccc2c1oc1ccccc12. The van der Waals surface area contributed by atoms with Crippen molar-refractivity contribution in [3.05, 3.63) is 338 Å². The number of aryl methyl sites for hydroxylation is 4. The van der Waals surface area contributed by atoms with Crippen LogP contribution in [0.25, 0.3) is 143 Å². The zero-order valence-corrected chi connectivity index (χ0v) is 53.7. The molecule has 4 heteroatoms. The van der Waals surface area contributed by atoms with Crippen LogP contribution in [0.3, 0.4) is 0 Å². The Morgan fingerprint density at radius 3 is 0.969 bits per heavy atom. The van der Waals surface area contributed by atoms with Gasteiger partial charge in [0.1, 0.15) is 22.3 Å². The molecule has 454 valence electrons. The fourth-order valence-corrected chi connectivity index (χ4v) is 15.4. The molecule has 0 saturated heterocycles. The van der Waals surface area contributed by atoms with Crippen molar-refractivity contribution in [2.45, 2.75) is 27.7 Å². The van der Waals surface area contributed by atoms with Gasteiger partial charge in [-0.05, 0) is 199 Å². The number of nitrogens with zero attached hydrogens (tertiary/aromatic N) is 2. The van der Waals surface area contributed by atoms with Crippen molar-refractivity contribution in [2.75, 3.05) is 9.80 Å². The molecule has 0 N–H and O–H groups in total. The van der Waals surface area contributed by atoms with Crippen molar-refractivity contribution < 1.29 is 8.83 Å². The third-order valence-electron chi connectivity index (χ3n) is 19.9. The Labute approximate surface area is 557 Å². The van der Waals surface area contributed by atoms with Gasteiger partial charge in [-0.3, -0.25) is 0 Å². The molecule has 96 heavy (non-hydrogen) atoms. The Morgan fingerprint density at radius 2 is 0.552 bits per heavy atom. The molecule has 0 amide bonds. The molecule has 0 bridgehead atoms. The summed E-state index contributed by atoms with van der Waals surface area (Å²) in [5, 5.41) is 14.4. The Balaban J connectivity index is 0.775. The fraction of sp³-hybridized carbons (Fsp3) is 0.0435. The van der Waals surface area contributed by atoms with Gasteiger partial charge in [0, 0.05) is 66.5 Å². The van der Waals surface area contributed by atoms with Crippen molar-refractivity contribution in [3.8, 4) is 55.6 Å². The summed E-state index contributed by atoms with van der Waals surface area (Å²) in [6, 6.07) is 115. The second-order valence-electron chi connectivity index (χ2n) is 25.7. The van der Waals surface area contributed by atoms with Gasteiger partial charge in [-0.25, -0.2) is 0 Å². The van der Waals surface area contributed by atoms with Crippen LogP contribution in [0.2, 0.25) is 0 Å². The highest BCUT2D eigenvalue weighted by molar-refractivity contribution is 6.17. The van der Waals surface area contributed by atoms with E-state index in [1.54, 1.807) is 0 Å². The zero-order valence-electron chi connectivity index (χ0n) is 53.7. The summed E-state index contributed by atoms with van der Waals surface area (Å²) in [5.74, 6) is 0. The standard InChI is InChI=1S/C92H64N2O2/c1-57-21-17-33-77(81-37-19-35-79-75-31-13-15-39-87(75)95-91(79)81)89(57)93(67-47-41-61(42-48-67)83-55-65-23-5-7-25-69(65)71-27-9-11-29-73(71)83)85-51-45-63(53-59(85)3)64-46-52-86(60(4)54-64)94(68-49-43-62(44-50-68)84-56-66-24-6-8-26-70(66)72-28-10-12-30-74(72)84)90-58(2)22-18-34-78(90)82-38-20-36-80-76-32-14-16-40-88(76)96-92(80)82/h5-56H,1-4H3. The number of benzene rings is 16. The lowest BCUT2D eigenvalue weighted by atomic mass is 9.92. The Bertz CT molecular complexity index is 5770. The van der Waals surface area contributed by atoms with Gasteiger partial charge in [-0.2, -0.15) is 0 Å². The van der Waals surface area contributed by atoms with Gasteiger partial charge >= 0.3 is 0 Å². The lowest BCUT2D eigenvalue weighted by Gasteiger charge is -2.31. The summed E-state index contributed by atoms with van der Waals surface area (Å²) in [7, 11) is 0. The van der Waals surface area contributed by atoms with Crippen LogP contribution >= 0.6 is 0 Å². The van der Waals surface area contributed by atoms with E-state index >= 15 is 0 Å². The monoisotopic (exact) mass is 1230 g/mol. The highest BCUT2D eigenvalue weighted by atomic mass is 16.3. The third kappa shape index (κ3) is 9.28. The van der Waals surface area contributed by atoms with Crippen molar-refractivity contribution in [1.29, 1.82) is 0 Å². The lowest BCUT2D eigenvalue weighted by Crippen LogP contribution is -2.14. The molecule has 16 aromatic carbocycles. The van der Waals surface area contributed by atoms with Gasteiger partial charge in [0.05, 0.1) is 11.4 Å². The molecule has 0 spiro atoms. The average molecular weight is 1230 g/mol. The van der Waals surface area contributed by atoms with E-state index < -0.39 is 0 Å². The Morgan fingerprint density at radius 1 is 0.219 bits per heavy atom. The van der Waals surface area contributed by atoms with Crippen molar-refractivity contribution in [1.82, 2.24) is 0 Å². The summed E-state index contributed by atoms with van der Waals surface area (Å²) in [5.41, 5.74) is 25.8. The molecule has 18 aromatic rings. The number of hydrogen-bond donors (Lipinski definition) is 0. The summed E-state index contributed by atoms with van der Waals surface area (Å²) in [4.78, 5) is 4.94. The quantitative estimate of drug-likeness (QED) is 0.121. The Kier molecular flexibility index (Phi) is 13.4. The molecule has 0 atom stereocenters. The van der Waals surface area contributed by atoms with E-state index in [0.29, 0.717) is 0 Å².